The van der Waals surface area contributed by atoms with Gasteiger partial charge >= 0.3 is 0 Å². The number of rotatable bonds is 5. The van der Waals surface area contributed by atoms with Gasteiger partial charge in [0.15, 0.2) is 17.3 Å². The number of aromatic hydroxyl groups is 1. The zero-order valence-electron chi connectivity index (χ0n) is 14.8. The van der Waals surface area contributed by atoms with E-state index in [1.807, 2.05) is 0 Å². The lowest BCUT2D eigenvalue weighted by Gasteiger charge is -2.18. The summed E-state index contributed by atoms with van der Waals surface area (Å²) in [6.45, 7) is 2.26. The standard InChI is InChI=1S/C22H24FNO2/c23-20-11-17(6-7-21(20)25)22(26)14-24-12-18-9-16(10-19(18)13-24)8-15-4-2-1-3-5-15/h1-7,11,16,18-19,25H,8-10,12-14H2/t16-,18-,19+. The number of fused-ring (bicyclic) bond motifs is 1. The molecule has 1 aliphatic heterocycles. The van der Waals surface area contributed by atoms with Crippen LogP contribution in [0.15, 0.2) is 48.5 Å². The number of nitrogens with zero attached hydrogens (tertiary/aromatic N) is 1. The molecule has 0 bridgehead atoms. The van der Waals surface area contributed by atoms with Crippen molar-refractivity contribution in [1.29, 1.82) is 0 Å². The molecule has 0 amide bonds. The Morgan fingerprint density at radius 3 is 2.42 bits per heavy atom. The van der Waals surface area contributed by atoms with Gasteiger partial charge in [-0.2, -0.15) is 0 Å². The number of hydrogen-bond acceptors (Lipinski definition) is 3. The number of likely N-dealkylation sites (tertiary alicyclic amines) is 1. The zero-order valence-corrected chi connectivity index (χ0v) is 14.8. The van der Waals surface area contributed by atoms with Crippen molar-refractivity contribution < 1.29 is 14.3 Å². The number of Topliss-reactive ketones (excluding diaryl/α,β-unsaturated/α-hetero) is 1. The van der Waals surface area contributed by atoms with Crippen LogP contribution in [-0.2, 0) is 6.42 Å². The van der Waals surface area contributed by atoms with Gasteiger partial charge in [0, 0.05) is 18.7 Å². The third-order valence-electron chi connectivity index (χ3n) is 5.93. The van der Waals surface area contributed by atoms with Crippen LogP contribution in [0.25, 0.3) is 0 Å². The van der Waals surface area contributed by atoms with Crippen molar-refractivity contribution in [1.82, 2.24) is 4.90 Å². The number of halogens is 1. The third-order valence-corrected chi connectivity index (χ3v) is 5.93. The maximum atomic E-state index is 13.4. The molecule has 2 fully saturated rings. The Morgan fingerprint density at radius 1 is 1.08 bits per heavy atom. The Bertz CT molecular complexity index is 778. The van der Waals surface area contributed by atoms with Gasteiger partial charge in [0.25, 0.3) is 0 Å². The summed E-state index contributed by atoms with van der Waals surface area (Å²) in [5, 5.41) is 9.25. The van der Waals surface area contributed by atoms with Crippen LogP contribution >= 0.6 is 0 Å². The quantitative estimate of drug-likeness (QED) is 0.829. The fraction of sp³-hybridized carbons (Fsp3) is 0.409. The maximum Gasteiger partial charge on any atom is 0.176 e. The van der Waals surface area contributed by atoms with Gasteiger partial charge in [-0.15, -0.1) is 0 Å². The van der Waals surface area contributed by atoms with E-state index in [1.165, 1.54) is 30.5 Å². The summed E-state index contributed by atoms with van der Waals surface area (Å²) in [6, 6.07) is 14.5. The molecule has 3 atom stereocenters. The van der Waals surface area contributed by atoms with Crippen molar-refractivity contribution in [2.75, 3.05) is 19.6 Å². The van der Waals surface area contributed by atoms with Gasteiger partial charge < -0.3 is 5.11 Å². The predicted octanol–water partition coefficient (Wildman–Crippen LogP) is 3.91. The molecule has 2 aliphatic rings. The summed E-state index contributed by atoms with van der Waals surface area (Å²) in [4.78, 5) is 14.6. The van der Waals surface area contributed by atoms with E-state index >= 15 is 0 Å². The molecule has 0 radical (unpaired) electrons. The van der Waals surface area contributed by atoms with Crippen molar-refractivity contribution in [3.8, 4) is 5.75 Å². The van der Waals surface area contributed by atoms with Crippen LogP contribution in [0.1, 0.15) is 28.8 Å². The molecule has 1 aliphatic carbocycles. The lowest BCUT2D eigenvalue weighted by atomic mass is 9.96. The van der Waals surface area contributed by atoms with Gasteiger partial charge in [-0.3, -0.25) is 9.69 Å². The van der Waals surface area contributed by atoms with Crippen LogP contribution in [0.4, 0.5) is 4.39 Å². The number of carbonyl (C=O) groups is 1. The molecule has 1 saturated heterocycles. The zero-order chi connectivity index (χ0) is 18.1. The average Bonchev–Trinajstić information content (AvgIpc) is 3.16. The fourth-order valence-corrected chi connectivity index (χ4v) is 4.74. The van der Waals surface area contributed by atoms with Crippen molar-refractivity contribution in [2.24, 2.45) is 17.8 Å². The van der Waals surface area contributed by atoms with Crippen LogP contribution in [-0.4, -0.2) is 35.4 Å². The van der Waals surface area contributed by atoms with Gasteiger partial charge in [0.1, 0.15) is 0 Å². The number of benzene rings is 2. The van der Waals surface area contributed by atoms with E-state index in [0.717, 1.165) is 31.5 Å². The first kappa shape index (κ1) is 17.2. The molecule has 0 spiro atoms. The van der Waals surface area contributed by atoms with Crippen molar-refractivity contribution in [2.45, 2.75) is 19.3 Å². The highest BCUT2D eigenvalue weighted by Crippen LogP contribution is 2.42. The summed E-state index contributed by atoms with van der Waals surface area (Å²) in [5.41, 5.74) is 1.75. The fourth-order valence-electron chi connectivity index (χ4n) is 4.74. The van der Waals surface area contributed by atoms with Crippen LogP contribution in [0.2, 0.25) is 0 Å². The Labute approximate surface area is 153 Å². The summed E-state index contributed by atoms with van der Waals surface area (Å²) < 4.78 is 13.4. The van der Waals surface area contributed by atoms with E-state index < -0.39 is 11.6 Å². The number of phenolic OH excluding ortho intramolecular Hbond substituents is 1. The summed E-state index contributed by atoms with van der Waals surface area (Å²) in [5.74, 6) is 0.863. The molecule has 26 heavy (non-hydrogen) atoms. The smallest absolute Gasteiger partial charge is 0.176 e. The normalized spacial score (nSPS) is 25.3. The highest BCUT2D eigenvalue weighted by molar-refractivity contribution is 5.97. The van der Waals surface area contributed by atoms with Crippen LogP contribution in [0.3, 0.4) is 0 Å². The van der Waals surface area contributed by atoms with Gasteiger partial charge in [-0.25, -0.2) is 4.39 Å². The lowest BCUT2D eigenvalue weighted by Crippen LogP contribution is -2.29. The molecule has 3 nitrogen and oxygen atoms in total. The van der Waals surface area contributed by atoms with Gasteiger partial charge in [-0.1, -0.05) is 30.3 Å². The molecule has 136 valence electrons. The highest BCUT2D eigenvalue weighted by atomic mass is 19.1. The molecule has 1 N–H and O–H groups in total. The molecular weight excluding hydrogens is 329 g/mol. The molecule has 2 aromatic carbocycles. The Hall–Kier alpha value is -2.20. The Morgan fingerprint density at radius 2 is 1.77 bits per heavy atom. The molecule has 2 aromatic rings. The SMILES string of the molecule is O=C(CN1C[C@H]2C[C@@H](Cc3ccccc3)C[C@H]2C1)c1ccc(O)c(F)c1. The van der Waals surface area contributed by atoms with Gasteiger partial charge in [-0.05, 0) is 60.8 Å². The summed E-state index contributed by atoms with van der Waals surface area (Å²) in [6.07, 6.45) is 3.62. The third kappa shape index (κ3) is 3.65. The average molecular weight is 353 g/mol. The summed E-state index contributed by atoms with van der Waals surface area (Å²) >= 11 is 0. The predicted molar refractivity (Wildman–Crippen MR) is 98.7 cm³/mol. The van der Waals surface area contributed by atoms with E-state index in [0.29, 0.717) is 23.9 Å². The maximum absolute atomic E-state index is 13.4. The van der Waals surface area contributed by atoms with Crippen molar-refractivity contribution in [3.63, 3.8) is 0 Å². The van der Waals surface area contributed by atoms with Crippen LogP contribution in [0.5, 0.6) is 5.75 Å². The minimum absolute atomic E-state index is 0.0790. The van der Waals surface area contributed by atoms with Gasteiger partial charge in [0.2, 0.25) is 0 Å². The minimum Gasteiger partial charge on any atom is -0.505 e. The topological polar surface area (TPSA) is 40.5 Å². The lowest BCUT2D eigenvalue weighted by molar-refractivity contribution is 0.0939. The second kappa shape index (κ2) is 7.20. The first-order valence-electron chi connectivity index (χ1n) is 9.36. The molecule has 1 saturated carbocycles. The van der Waals surface area contributed by atoms with Crippen molar-refractivity contribution >= 4 is 5.78 Å². The minimum atomic E-state index is -0.738. The van der Waals surface area contributed by atoms with Crippen LogP contribution < -0.4 is 0 Å². The Balaban J connectivity index is 1.30. The van der Waals surface area contributed by atoms with E-state index in [2.05, 4.69) is 35.2 Å². The first-order chi connectivity index (χ1) is 12.6. The monoisotopic (exact) mass is 353 g/mol. The van der Waals surface area contributed by atoms with E-state index in [9.17, 15) is 14.3 Å². The van der Waals surface area contributed by atoms with E-state index in [1.54, 1.807) is 0 Å². The van der Waals surface area contributed by atoms with Crippen molar-refractivity contribution in [3.05, 3.63) is 65.5 Å². The first-order valence-corrected chi connectivity index (χ1v) is 9.36. The summed E-state index contributed by atoms with van der Waals surface area (Å²) in [7, 11) is 0. The number of hydrogen-bond donors (Lipinski definition) is 1. The van der Waals surface area contributed by atoms with Crippen LogP contribution in [0, 0.1) is 23.6 Å². The molecule has 0 aromatic heterocycles. The second-order valence-corrected chi connectivity index (χ2v) is 7.83. The molecule has 4 heteroatoms. The number of carbonyl (C=O) groups excluding carboxylic acids is 1. The van der Waals surface area contributed by atoms with E-state index in [-0.39, 0.29) is 5.78 Å². The van der Waals surface area contributed by atoms with E-state index in [4.69, 9.17) is 0 Å². The molecule has 4 rings (SSSR count). The molecule has 0 unspecified atom stereocenters. The second-order valence-electron chi connectivity index (χ2n) is 7.83. The Kier molecular flexibility index (Phi) is 4.77. The largest absolute Gasteiger partial charge is 0.505 e. The highest BCUT2D eigenvalue weighted by Gasteiger charge is 2.40. The molecular formula is C22H24FNO2. The molecule has 1 heterocycles. The number of ketones is 1. The van der Waals surface area contributed by atoms with Gasteiger partial charge in [0.05, 0.1) is 6.54 Å². The number of phenols is 1.